The van der Waals surface area contributed by atoms with Crippen LogP contribution in [-0.4, -0.2) is 58.4 Å². The zero-order chi connectivity index (χ0) is 16.9. The van der Waals surface area contributed by atoms with Gasteiger partial charge in [0.05, 0.1) is 11.0 Å². The number of aromatic nitrogens is 2. The van der Waals surface area contributed by atoms with E-state index < -0.39 is 0 Å². The van der Waals surface area contributed by atoms with E-state index in [1.165, 1.54) is 0 Å². The minimum Gasteiger partial charge on any atom is -0.342 e. The Morgan fingerprint density at radius 2 is 2.12 bits per heavy atom. The van der Waals surface area contributed by atoms with E-state index in [4.69, 9.17) is 6.42 Å². The molecule has 0 saturated carbocycles. The molecule has 0 atom stereocenters. The maximum absolute atomic E-state index is 12.4. The molecule has 1 amide bonds. The van der Waals surface area contributed by atoms with Crippen molar-refractivity contribution in [2.24, 2.45) is 0 Å². The first kappa shape index (κ1) is 16.5. The highest BCUT2D eigenvalue weighted by Crippen LogP contribution is 2.16. The summed E-state index contributed by atoms with van der Waals surface area (Å²) in [5.41, 5.74) is 3.20. The van der Waals surface area contributed by atoms with Crippen molar-refractivity contribution >= 4 is 16.9 Å². The molecule has 5 nitrogen and oxygen atoms in total. The van der Waals surface area contributed by atoms with Gasteiger partial charge in [0.1, 0.15) is 5.82 Å². The van der Waals surface area contributed by atoms with Gasteiger partial charge in [0, 0.05) is 52.0 Å². The molecule has 3 rings (SSSR count). The minimum absolute atomic E-state index is 0.212. The number of carbonyl (C=O) groups excluding carboxylic acids is 1. The van der Waals surface area contributed by atoms with Crippen molar-refractivity contribution < 1.29 is 4.79 Å². The number of hydrogen-bond acceptors (Lipinski definition) is 3. The molecule has 0 bridgehead atoms. The zero-order valence-electron chi connectivity index (χ0n) is 14.2. The van der Waals surface area contributed by atoms with Crippen LogP contribution in [0.1, 0.15) is 24.2 Å². The van der Waals surface area contributed by atoms with E-state index in [9.17, 15) is 4.79 Å². The van der Waals surface area contributed by atoms with Crippen LogP contribution in [-0.2, 0) is 11.2 Å². The Morgan fingerprint density at radius 1 is 1.33 bits per heavy atom. The number of amides is 1. The largest absolute Gasteiger partial charge is 0.342 e. The summed E-state index contributed by atoms with van der Waals surface area (Å²) in [5.74, 6) is 3.77. The second-order valence-electron chi connectivity index (χ2n) is 6.33. The fraction of sp³-hybridized carbons (Fsp3) is 0.474. The molecule has 24 heavy (non-hydrogen) atoms. The van der Waals surface area contributed by atoms with Gasteiger partial charge >= 0.3 is 0 Å². The Morgan fingerprint density at radius 3 is 2.83 bits per heavy atom. The number of H-pyrrole nitrogens is 1. The van der Waals surface area contributed by atoms with Crippen molar-refractivity contribution in [3.05, 3.63) is 29.6 Å². The molecule has 126 valence electrons. The molecule has 1 aliphatic heterocycles. The average Bonchev–Trinajstić information content (AvgIpc) is 3.03. The molecule has 1 aromatic carbocycles. The van der Waals surface area contributed by atoms with Crippen LogP contribution >= 0.6 is 0 Å². The van der Waals surface area contributed by atoms with Crippen molar-refractivity contribution in [3.8, 4) is 12.3 Å². The van der Waals surface area contributed by atoms with Crippen molar-refractivity contribution in [3.63, 3.8) is 0 Å². The molecule has 0 aliphatic carbocycles. The molecule has 1 fully saturated rings. The standard InChI is InChI=1S/C19H24N4O/c1-3-4-10-22-11-13-23(14-12-22)18(24)9-8-17-20-16-7-5-6-15(2)19(16)21-17/h1,5-7H,4,8-14H2,2H3,(H,20,21). The van der Waals surface area contributed by atoms with Crippen LogP contribution in [0.15, 0.2) is 18.2 Å². The molecular formula is C19H24N4O. The van der Waals surface area contributed by atoms with Crippen LogP contribution < -0.4 is 0 Å². The quantitative estimate of drug-likeness (QED) is 0.856. The van der Waals surface area contributed by atoms with Crippen molar-refractivity contribution in [1.82, 2.24) is 19.8 Å². The van der Waals surface area contributed by atoms with E-state index in [0.717, 1.165) is 61.6 Å². The lowest BCUT2D eigenvalue weighted by Crippen LogP contribution is -2.48. The smallest absolute Gasteiger partial charge is 0.223 e. The van der Waals surface area contributed by atoms with Gasteiger partial charge in [-0.3, -0.25) is 9.69 Å². The maximum atomic E-state index is 12.4. The van der Waals surface area contributed by atoms with Crippen LogP contribution in [0.4, 0.5) is 0 Å². The summed E-state index contributed by atoms with van der Waals surface area (Å²) < 4.78 is 0. The molecule has 1 saturated heterocycles. The Hall–Kier alpha value is -2.32. The normalized spacial score (nSPS) is 15.6. The van der Waals surface area contributed by atoms with E-state index in [0.29, 0.717) is 12.8 Å². The SMILES string of the molecule is C#CCCN1CCN(C(=O)CCc2nc3c(C)cccc3[nH]2)CC1. The van der Waals surface area contributed by atoms with Crippen molar-refractivity contribution in [1.29, 1.82) is 0 Å². The number of aromatic amines is 1. The number of imidazole rings is 1. The number of rotatable bonds is 5. The Kier molecular flexibility index (Phi) is 5.17. The lowest BCUT2D eigenvalue weighted by molar-refractivity contribution is -0.132. The number of fused-ring (bicyclic) bond motifs is 1. The highest BCUT2D eigenvalue weighted by molar-refractivity contribution is 5.79. The molecule has 2 heterocycles. The van der Waals surface area contributed by atoms with E-state index in [1.807, 2.05) is 17.0 Å². The third-order valence-electron chi connectivity index (χ3n) is 4.64. The predicted molar refractivity (Wildman–Crippen MR) is 95.6 cm³/mol. The Balaban J connectivity index is 1.50. The summed E-state index contributed by atoms with van der Waals surface area (Å²) in [6.07, 6.45) is 7.24. The molecule has 0 radical (unpaired) electrons. The maximum Gasteiger partial charge on any atom is 0.223 e. The number of terminal acetylenes is 1. The number of benzene rings is 1. The Labute approximate surface area is 143 Å². The van der Waals surface area contributed by atoms with Gasteiger partial charge in [0.15, 0.2) is 0 Å². The van der Waals surface area contributed by atoms with Crippen molar-refractivity contribution in [2.45, 2.75) is 26.2 Å². The van der Waals surface area contributed by atoms with E-state index >= 15 is 0 Å². The third kappa shape index (κ3) is 3.77. The number of piperazine rings is 1. The first-order chi connectivity index (χ1) is 11.7. The topological polar surface area (TPSA) is 52.2 Å². The molecule has 5 heteroatoms. The molecule has 2 aromatic rings. The summed E-state index contributed by atoms with van der Waals surface area (Å²) in [6, 6.07) is 6.10. The number of hydrogen-bond donors (Lipinski definition) is 1. The minimum atomic E-state index is 0.212. The van der Waals surface area contributed by atoms with Crippen LogP contribution in [0.5, 0.6) is 0 Å². The third-order valence-corrected chi connectivity index (χ3v) is 4.64. The molecule has 1 aromatic heterocycles. The fourth-order valence-electron chi connectivity index (χ4n) is 3.17. The van der Waals surface area contributed by atoms with Crippen molar-refractivity contribution in [2.75, 3.05) is 32.7 Å². The van der Waals surface area contributed by atoms with Gasteiger partial charge in [0.25, 0.3) is 0 Å². The first-order valence-electron chi connectivity index (χ1n) is 8.55. The lowest BCUT2D eigenvalue weighted by Gasteiger charge is -2.34. The summed E-state index contributed by atoms with van der Waals surface area (Å²) in [4.78, 5) is 24.6. The summed E-state index contributed by atoms with van der Waals surface area (Å²) in [5, 5.41) is 0. The van der Waals surface area contributed by atoms with Gasteiger partial charge in [-0.15, -0.1) is 12.3 Å². The van der Waals surface area contributed by atoms with E-state index in [-0.39, 0.29) is 5.91 Å². The second kappa shape index (κ2) is 7.50. The highest BCUT2D eigenvalue weighted by atomic mass is 16.2. The number of para-hydroxylation sites is 1. The van der Waals surface area contributed by atoms with Crippen LogP contribution in [0.25, 0.3) is 11.0 Å². The fourth-order valence-corrected chi connectivity index (χ4v) is 3.17. The average molecular weight is 324 g/mol. The monoisotopic (exact) mass is 324 g/mol. The van der Waals surface area contributed by atoms with E-state index in [2.05, 4.69) is 33.8 Å². The summed E-state index contributed by atoms with van der Waals surface area (Å²) in [7, 11) is 0. The lowest BCUT2D eigenvalue weighted by atomic mass is 10.2. The van der Waals surface area contributed by atoms with Gasteiger partial charge < -0.3 is 9.88 Å². The molecule has 1 aliphatic rings. The zero-order valence-corrected chi connectivity index (χ0v) is 14.2. The first-order valence-corrected chi connectivity index (χ1v) is 8.55. The highest BCUT2D eigenvalue weighted by Gasteiger charge is 2.20. The van der Waals surface area contributed by atoms with Gasteiger partial charge in [-0.2, -0.15) is 0 Å². The van der Waals surface area contributed by atoms with Gasteiger partial charge in [-0.1, -0.05) is 12.1 Å². The Bertz CT molecular complexity index is 750. The summed E-state index contributed by atoms with van der Waals surface area (Å²) in [6.45, 7) is 6.40. The number of aryl methyl sites for hydroxylation is 2. The second-order valence-corrected chi connectivity index (χ2v) is 6.33. The number of carbonyl (C=O) groups is 1. The van der Waals surface area contributed by atoms with Gasteiger partial charge in [0.2, 0.25) is 5.91 Å². The number of nitrogens with one attached hydrogen (secondary N) is 1. The predicted octanol–water partition coefficient (Wildman–Crippen LogP) is 1.97. The summed E-state index contributed by atoms with van der Waals surface area (Å²) >= 11 is 0. The molecular weight excluding hydrogens is 300 g/mol. The molecule has 1 N–H and O–H groups in total. The van der Waals surface area contributed by atoms with Crippen LogP contribution in [0, 0.1) is 19.3 Å². The van der Waals surface area contributed by atoms with Gasteiger partial charge in [-0.25, -0.2) is 4.98 Å². The van der Waals surface area contributed by atoms with Gasteiger partial charge in [-0.05, 0) is 18.6 Å². The van der Waals surface area contributed by atoms with Crippen LogP contribution in [0.2, 0.25) is 0 Å². The van der Waals surface area contributed by atoms with Crippen LogP contribution in [0.3, 0.4) is 0 Å². The molecule has 0 spiro atoms. The molecule has 0 unspecified atom stereocenters. The number of nitrogens with zero attached hydrogens (tertiary/aromatic N) is 3. The van der Waals surface area contributed by atoms with E-state index in [1.54, 1.807) is 0 Å².